The second kappa shape index (κ2) is 8.29. The number of para-hydroxylation sites is 1. The van der Waals surface area contributed by atoms with E-state index in [2.05, 4.69) is 25.6 Å². The van der Waals surface area contributed by atoms with Gasteiger partial charge in [-0.15, -0.1) is 0 Å². The number of aromatic nitrogens is 3. The minimum absolute atomic E-state index is 0.0843. The van der Waals surface area contributed by atoms with Crippen molar-refractivity contribution in [3.05, 3.63) is 53.2 Å². The quantitative estimate of drug-likeness (QED) is 0.550. The van der Waals surface area contributed by atoms with Crippen molar-refractivity contribution in [2.75, 3.05) is 24.1 Å². The average molecular weight is 405 g/mol. The summed E-state index contributed by atoms with van der Waals surface area (Å²) in [5, 5.41) is 15.8. The number of anilines is 2. The van der Waals surface area contributed by atoms with Gasteiger partial charge in [-0.3, -0.25) is 4.79 Å². The van der Waals surface area contributed by atoms with Gasteiger partial charge in [0, 0.05) is 24.9 Å². The number of nitrogens with one attached hydrogen (secondary N) is 2. The largest absolute Gasteiger partial charge is 0.382 e. The standard InChI is InChI=1S/C21H20FN7O/c22-16-3-1-2-13-8-14(21(30)26-10-12-4-5-12)17(29-18(13)16)6-7-25-20-15(9-23)19(24)27-11-28-20/h1-3,8,11-12H,4-7,10H2,(H,26,30)(H3,24,25,27,28). The van der Waals surface area contributed by atoms with Gasteiger partial charge in [0.15, 0.2) is 0 Å². The molecule has 8 nitrogen and oxygen atoms in total. The fourth-order valence-corrected chi connectivity index (χ4v) is 3.18. The van der Waals surface area contributed by atoms with E-state index in [9.17, 15) is 14.4 Å². The van der Waals surface area contributed by atoms with Crippen molar-refractivity contribution in [1.29, 1.82) is 5.26 Å². The van der Waals surface area contributed by atoms with Crippen molar-refractivity contribution < 1.29 is 9.18 Å². The number of fused-ring (bicyclic) bond motifs is 1. The summed E-state index contributed by atoms with van der Waals surface area (Å²) < 4.78 is 14.2. The summed E-state index contributed by atoms with van der Waals surface area (Å²) in [7, 11) is 0. The average Bonchev–Trinajstić information content (AvgIpc) is 3.57. The molecule has 0 saturated heterocycles. The number of hydrogen-bond donors (Lipinski definition) is 3. The lowest BCUT2D eigenvalue weighted by Crippen LogP contribution is -2.27. The van der Waals surface area contributed by atoms with Crippen molar-refractivity contribution in [1.82, 2.24) is 20.3 Å². The maximum Gasteiger partial charge on any atom is 0.253 e. The van der Waals surface area contributed by atoms with E-state index in [4.69, 9.17) is 5.73 Å². The SMILES string of the molecule is N#Cc1c(N)ncnc1NCCc1nc2c(F)cccc2cc1C(=O)NCC1CC1. The molecule has 0 radical (unpaired) electrons. The monoisotopic (exact) mass is 405 g/mol. The highest BCUT2D eigenvalue weighted by atomic mass is 19.1. The molecule has 2 heterocycles. The Morgan fingerprint density at radius 3 is 2.93 bits per heavy atom. The molecule has 2 aromatic heterocycles. The third kappa shape index (κ3) is 4.12. The van der Waals surface area contributed by atoms with Gasteiger partial charge >= 0.3 is 0 Å². The molecule has 0 bridgehead atoms. The first-order valence-corrected chi connectivity index (χ1v) is 9.67. The van der Waals surface area contributed by atoms with Crippen LogP contribution in [0.25, 0.3) is 10.9 Å². The number of carbonyl (C=O) groups is 1. The van der Waals surface area contributed by atoms with Crippen LogP contribution >= 0.6 is 0 Å². The van der Waals surface area contributed by atoms with E-state index in [0.717, 1.165) is 12.8 Å². The zero-order valence-electron chi connectivity index (χ0n) is 16.2. The summed E-state index contributed by atoms with van der Waals surface area (Å²) in [6.07, 6.45) is 3.84. The number of carbonyl (C=O) groups excluding carboxylic acids is 1. The van der Waals surface area contributed by atoms with Crippen LogP contribution in [-0.4, -0.2) is 33.9 Å². The van der Waals surface area contributed by atoms with Crippen LogP contribution in [0.1, 0.15) is 34.5 Å². The first kappa shape index (κ1) is 19.5. The zero-order chi connectivity index (χ0) is 21.1. The third-order valence-electron chi connectivity index (χ3n) is 5.01. The maximum absolute atomic E-state index is 14.2. The third-order valence-corrected chi connectivity index (χ3v) is 5.01. The molecule has 152 valence electrons. The van der Waals surface area contributed by atoms with Gasteiger partial charge in [-0.2, -0.15) is 5.26 Å². The number of rotatable bonds is 7. The summed E-state index contributed by atoms with van der Waals surface area (Å²) in [5.41, 5.74) is 6.95. The first-order valence-electron chi connectivity index (χ1n) is 9.67. The van der Waals surface area contributed by atoms with E-state index >= 15 is 0 Å². The lowest BCUT2D eigenvalue weighted by atomic mass is 10.1. The maximum atomic E-state index is 14.2. The molecule has 4 rings (SSSR count). The van der Waals surface area contributed by atoms with Crippen LogP contribution in [0.5, 0.6) is 0 Å². The summed E-state index contributed by atoms with van der Waals surface area (Å²) >= 11 is 0. The van der Waals surface area contributed by atoms with Gasteiger partial charge in [0.2, 0.25) is 0 Å². The number of nitriles is 1. The van der Waals surface area contributed by atoms with Gasteiger partial charge in [-0.25, -0.2) is 19.3 Å². The van der Waals surface area contributed by atoms with Crippen molar-refractivity contribution >= 4 is 28.4 Å². The summed E-state index contributed by atoms with van der Waals surface area (Å²) in [4.78, 5) is 25.0. The molecular formula is C21H20FN7O. The molecule has 0 atom stereocenters. The molecule has 0 unspecified atom stereocenters. The summed E-state index contributed by atoms with van der Waals surface area (Å²) in [5.74, 6) is 0.261. The highest BCUT2D eigenvalue weighted by Gasteiger charge is 2.23. The Morgan fingerprint density at radius 2 is 2.17 bits per heavy atom. The Kier molecular flexibility index (Phi) is 5.39. The number of nitrogen functional groups attached to an aromatic ring is 1. The number of hydrogen-bond acceptors (Lipinski definition) is 7. The van der Waals surface area contributed by atoms with E-state index in [1.54, 1.807) is 18.2 Å². The molecule has 0 aliphatic heterocycles. The van der Waals surface area contributed by atoms with Crippen LogP contribution in [-0.2, 0) is 6.42 Å². The molecule has 1 saturated carbocycles. The molecule has 4 N–H and O–H groups in total. The van der Waals surface area contributed by atoms with Crippen LogP contribution in [0.3, 0.4) is 0 Å². The van der Waals surface area contributed by atoms with Crippen LogP contribution in [0.4, 0.5) is 16.0 Å². The molecule has 1 amide bonds. The topological polar surface area (TPSA) is 130 Å². The minimum Gasteiger partial charge on any atom is -0.382 e. The molecule has 1 aliphatic carbocycles. The van der Waals surface area contributed by atoms with Crippen molar-refractivity contribution in [3.63, 3.8) is 0 Å². The van der Waals surface area contributed by atoms with Gasteiger partial charge in [0.25, 0.3) is 5.91 Å². The number of pyridine rings is 1. The molecular weight excluding hydrogens is 385 g/mol. The predicted octanol–water partition coefficient (Wildman–Crippen LogP) is 2.41. The molecule has 1 fully saturated rings. The van der Waals surface area contributed by atoms with Crippen LogP contribution < -0.4 is 16.4 Å². The zero-order valence-corrected chi connectivity index (χ0v) is 16.2. The van der Waals surface area contributed by atoms with E-state index in [1.165, 1.54) is 12.4 Å². The van der Waals surface area contributed by atoms with Gasteiger partial charge < -0.3 is 16.4 Å². The van der Waals surface area contributed by atoms with E-state index in [1.807, 2.05) is 6.07 Å². The van der Waals surface area contributed by atoms with Crippen molar-refractivity contribution in [3.8, 4) is 6.07 Å². The Bertz CT molecular complexity index is 1150. The number of amides is 1. The molecule has 0 spiro atoms. The van der Waals surface area contributed by atoms with Crippen LogP contribution in [0.15, 0.2) is 30.6 Å². The highest BCUT2D eigenvalue weighted by Crippen LogP contribution is 2.28. The molecule has 30 heavy (non-hydrogen) atoms. The molecule has 9 heteroatoms. The van der Waals surface area contributed by atoms with Gasteiger partial charge in [0.05, 0.1) is 11.3 Å². The van der Waals surface area contributed by atoms with Crippen molar-refractivity contribution in [2.24, 2.45) is 5.92 Å². The Balaban J connectivity index is 1.58. The fraction of sp³-hybridized carbons (Fsp3) is 0.286. The Labute approximate surface area is 172 Å². The smallest absolute Gasteiger partial charge is 0.253 e. The lowest BCUT2D eigenvalue weighted by molar-refractivity contribution is 0.0950. The molecule has 3 aromatic rings. The Morgan fingerprint density at radius 1 is 1.33 bits per heavy atom. The summed E-state index contributed by atoms with van der Waals surface area (Å²) in [6, 6.07) is 8.30. The second-order valence-corrected chi connectivity index (χ2v) is 7.22. The molecule has 1 aromatic carbocycles. The van der Waals surface area contributed by atoms with E-state index in [0.29, 0.717) is 47.9 Å². The number of benzene rings is 1. The van der Waals surface area contributed by atoms with E-state index in [-0.39, 0.29) is 22.8 Å². The van der Waals surface area contributed by atoms with Crippen molar-refractivity contribution in [2.45, 2.75) is 19.3 Å². The number of halogens is 1. The summed E-state index contributed by atoms with van der Waals surface area (Å²) in [6.45, 7) is 0.949. The second-order valence-electron chi connectivity index (χ2n) is 7.22. The van der Waals surface area contributed by atoms with Gasteiger partial charge in [-0.05, 0) is 30.9 Å². The number of nitrogens with zero attached hydrogens (tertiary/aromatic N) is 4. The van der Waals surface area contributed by atoms with Gasteiger partial charge in [0.1, 0.15) is 40.9 Å². The number of nitrogens with two attached hydrogens (primary N) is 1. The Hall–Kier alpha value is -3.80. The van der Waals surface area contributed by atoms with E-state index < -0.39 is 5.82 Å². The van der Waals surface area contributed by atoms with Crippen LogP contribution in [0.2, 0.25) is 0 Å². The molecule has 1 aliphatic rings. The predicted molar refractivity (Wildman–Crippen MR) is 110 cm³/mol. The lowest BCUT2D eigenvalue weighted by Gasteiger charge is -2.13. The normalized spacial score (nSPS) is 13.1. The minimum atomic E-state index is -0.443. The first-order chi connectivity index (χ1) is 14.6. The van der Waals surface area contributed by atoms with Crippen LogP contribution in [0, 0.1) is 23.1 Å². The fourth-order valence-electron chi connectivity index (χ4n) is 3.18. The highest BCUT2D eigenvalue weighted by molar-refractivity contribution is 5.98. The van der Waals surface area contributed by atoms with Gasteiger partial charge in [-0.1, -0.05) is 12.1 Å².